The normalized spacial score (nSPS) is 13.1. The van der Waals surface area contributed by atoms with Crippen LogP contribution in [0.25, 0.3) is 16.0 Å². The Balaban J connectivity index is 2.09. The van der Waals surface area contributed by atoms with Crippen LogP contribution < -0.4 is 0 Å². The van der Waals surface area contributed by atoms with E-state index < -0.39 is 6.36 Å². The van der Waals surface area contributed by atoms with Gasteiger partial charge in [-0.15, -0.1) is 22.4 Å². The molecular weight excluding hydrogens is 287 g/mol. The first-order valence-corrected chi connectivity index (χ1v) is 5.53. The van der Waals surface area contributed by atoms with Crippen molar-refractivity contribution in [1.29, 1.82) is 0 Å². The molecule has 0 atom stereocenters. The lowest BCUT2D eigenvalue weighted by molar-refractivity contribution is -0.439. The van der Waals surface area contributed by atoms with E-state index >= 15 is 0 Å². The van der Waals surface area contributed by atoms with E-state index in [4.69, 9.17) is 9.52 Å². The van der Waals surface area contributed by atoms with Gasteiger partial charge in [-0.1, -0.05) is 12.1 Å². The van der Waals surface area contributed by atoms with Gasteiger partial charge < -0.3 is 9.52 Å². The number of rotatable bonds is 4. The Morgan fingerprint density at radius 2 is 2.11 bits per heavy atom. The van der Waals surface area contributed by atoms with Crippen molar-refractivity contribution in [1.82, 2.24) is 4.98 Å². The second-order valence-electron chi connectivity index (χ2n) is 3.16. The number of alkyl halides is 3. The van der Waals surface area contributed by atoms with Gasteiger partial charge in [0.25, 0.3) is 0 Å². The van der Waals surface area contributed by atoms with Crippen LogP contribution in [0.1, 0.15) is 5.89 Å². The average molecular weight is 293 g/mol. The fraction of sp³-hybridized carbons (Fsp3) is 0.100. The van der Waals surface area contributed by atoms with E-state index in [1.165, 1.54) is 0 Å². The van der Waals surface area contributed by atoms with Gasteiger partial charge in [0.2, 0.25) is 5.89 Å². The topological polar surface area (TPSA) is 64.7 Å². The SMILES string of the molecule is O/C=C(\SOOC(F)(F)F)c1nc2ccccc2o1. The first-order chi connectivity index (χ1) is 8.99. The van der Waals surface area contributed by atoms with Gasteiger partial charge in [0, 0.05) is 0 Å². The molecule has 0 spiro atoms. The van der Waals surface area contributed by atoms with Crippen LogP contribution in [0.2, 0.25) is 0 Å². The highest BCUT2D eigenvalue weighted by Gasteiger charge is 2.32. The van der Waals surface area contributed by atoms with Crippen LogP contribution in [0.15, 0.2) is 34.9 Å². The van der Waals surface area contributed by atoms with Gasteiger partial charge in [-0.2, -0.15) is 0 Å². The molecule has 9 heteroatoms. The Hall–Kier alpha value is -1.71. The monoisotopic (exact) mass is 293 g/mol. The van der Waals surface area contributed by atoms with Crippen LogP contribution in [0.5, 0.6) is 0 Å². The third-order valence-electron chi connectivity index (χ3n) is 1.87. The van der Waals surface area contributed by atoms with Crippen molar-refractivity contribution >= 4 is 28.0 Å². The van der Waals surface area contributed by atoms with Crippen molar-refractivity contribution in [2.45, 2.75) is 6.36 Å². The number of hydrogen-bond acceptors (Lipinski definition) is 6. The number of fused-ring (bicyclic) bond motifs is 1. The molecule has 0 saturated heterocycles. The maximum absolute atomic E-state index is 11.7. The molecule has 0 unspecified atom stereocenters. The molecule has 0 saturated carbocycles. The van der Waals surface area contributed by atoms with Gasteiger partial charge in [-0.05, 0) is 12.1 Å². The number of aliphatic hydroxyl groups is 1. The van der Waals surface area contributed by atoms with E-state index in [1.807, 2.05) is 0 Å². The van der Waals surface area contributed by atoms with Crippen LogP contribution in [-0.4, -0.2) is 16.5 Å². The zero-order valence-electron chi connectivity index (χ0n) is 9.05. The van der Waals surface area contributed by atoms with Gasteiger partial charge in [-0.25, -0.2) is 4.98 Å². The lowest BCUT2D eigenvalue weighted by Crippen LogP contribution is -2.11. The minimum absolute atomic E-state index is 0.0838. The van der Waals surface area contributed by atoms with Crippen LogP contribution in [0.4, 0.5) is 13.2 Å². The third kappa shape index (κ3) is 3.63. The van der Waals surface area contributed by atoms with E-state index in [-0.39, 0.29) is 22.8 Å². The molecule has 1 N–H and O–H groups in total. The molecule has 1 aromatic heterocycles. The molecule has 19 heavy (non-hydrogen) atoms. The molecule has 0 aliphatic heterocycles. The number of halogens is 3. The van der Waals surface area contributed by atoms with E-state index in [2.05, 4.69) is 14.2 Å². The molecule has 0 aliphatic rings. The highest BCUT2D eigenvalue weighted by atomic mass is 32.2. The van der Waals surface area contributed by atoms with Gasteiger partial charge in [0.05, 0.1) is 12.0 Å². The van der Waals surface area contributed by atoms with Crippen LogP contribution in [0, 0.1) is 0 Å². The summed E-state index contributed by atoms with van der Waals surface area (Å²) in [7, 11) is 0. The molecule has 1 aromatic carbocycles. The smallest absolute Gasteiger partial charge is 0.514 e. The van der Waals surface area contributed by atoms with E-state index in [1.54, 1.807) is 24.3 Å². The molecule has 2 rings (SSSR count). The van der Waals surface area contributed by atoms with Crippen LogP contribution in [0.3, 0.4) is 0 Å². The summed E-state index contributed by atoms with van der Waals surface area (Å²) in [5, 5.41) is 8.93. The second kappa shape index (κ2) is 5.51. The predicted octanol–water partition coefficient (Wildman–Crippen LogP) is 3.80. The molecule has 5 nitrogen and oxygen atoms in total. The first kappa shape index (κ1) is 13.7. The number of nitrogens with zero attached hydrogens (tertiary/aromatic N) is 1. The molecule has 0 bridgehead atoms. The summed E-state index contributed by atoms with van der Waals surface area (Å²) in [6, 6.07) is 6.69. The number of hydrogen-bond donors (Lipinski definition) is 1. The predicted molar refractivity (Wildman–Crippen MR) is 60.4 cm³/mol. The number of aliphatic hydroxyl groups excluding tert-OH is 1. The Kier molecular flexibility index (Phi) is 3.98. The largest absolute Gasteiger partial charge is 0.550 e. The standard InChI is InChI=1S/C10H6F3NO4S/c11-10(12,13)17-18-19-8(5-15)9-14-6-3-1-2-4-7(6)16-9/h1-5,15H/b8-5-. The van der Waals surface area contributed by atoms with E-state index in [9.17, 15) is 13.2 Å². The van der Waals surface area contributed by atoms with Crippen molar-refractivity contribution in [2.75, 3.05) is 0 Å². The second-order valence-corrected chi connectivity index (χ2v) is 3.90. The minimum atomic E-state index is -4.94. The molecule has 0 fully saturated rings. The minimum Gasteiger partial charge on any atom is -0.514 e. The number of aromatic nitrogens is 1. The Morgan fingerprint density at radius 1 is 1.37 bits per heavy atom. The van der Waals surface area contributed by atoms with E-state index in [0.717, 1.165) is 0 Å². The lowest BCUT2D eigenvalue weighted by atomic mass is 10.3. The maximum atomic E-state index is 11.7. The van der Waals surface area contributed by atoms with Crippen molar-refractivity contribution in [3.63, 3.8) is 0 Å². The third-order valence-corrected chi connectivity index (χ3v) is 2.47. The van der Waals surface area contributed by atoms with Crippen molar-refractivity contribution in [3.8, 4) is 0 Å². The summed E-state index contributed by atoms with van der Waals surface area (Å²) in [6.45, 7) is 0. The zero-order valence-corrected chi connectivity index (χ0v) is 9.86. The summed E-state index contributed by atoms with van der Waals surface area (Å²) in [4.78, 5) is 6.90. The fourth-order valence-electron chi connectivity index (χ4n) is 1.18. The number of benzene rings is 1. The molecule has 2 aromatic rings. The van der Waals surface area contributed by atoms with Crippen LogP contribution in [-0.2, 0) is 9.22 Å². The summed E-state index contributed by atoms with van der Waals surface area (Å²) >= 11 is 0.129. The quantitative estimate of drug-likeness (QED) is 0.400. The molecule has 0 radical (unpaired) electrons. The Morgan fingerprint density at radius 3 is 2.74 bits per heavy atom. The molecule has 0 aliphatic carbocycles. The Bertz CT molecular complexity index is 563. The lowest BCUT2D eigenvalue weighted by Gasteiger charge is -2.04. The Labute approximate surface area is 108 Å². The van der Waals surface area contributed by atoms with Crippen molar-refractivity contribution in [2.24, 2.45) is 0 Å². The number of oxazole rings is 1. The zero-order chi connectivity index (χ0) is 13.9. The molecular formula is C10H6F3NO4S. The highest BCUT2D eigenvalue weighted by molar-refractivity contribution is 8.03. The molecule has 0 amide bonds. The van der Waals surface area contributed by atoms with E-state index in [0.29, 0.717) is 17.4 Å². The van der Waals surface area contributed by atoms with Gasteiger partial charge in [-0.3, -0.25) is 0 Å². The van der Waals surface area contributed by atoms with Gasteiger partial charge in [0.15, 0.2) is 5.58 Å². The molecule has 102 valence electrons. The molecule has 1 heterocycles. The van der Waals surface area contributed by atoms with Gasteiger partial charge in [0.1, 0.15) is 16.7 Å². The maximum Gasteiger partial charge on any atom is 0.550 e. The van der Waals surface area contributed by atoms with Crippen molar-refractivity contribution < 1.29 is 31.9 Å². The summed E-state index contributed by atoms with van der Waals surface area (Å²) in [5.41, 5.74) is 0.920. The first-order valence-electron chi connectivity index (χ1n) is 4.79. The summed E-state index contributed by atoms with van der Waals surface area (Å²) < 4.78 is 44.2. The fourth-order valence-corrected chi connectivity index (χ4v) is 1.57. The van der Waals surface area contributed by atoms with Crippen LogP contribution >= 0.6 is 12.0 Å². The highest BCUT2D eigenvalue weighted by Crippen LogP contribution is 2.31. The van der Waals surface area contributed by atoms with Gasteiger partial charge >= 0.3 is 6.36 Å². The number of para-hydroxylation sites is 2. The summed E-state index contributed by atoms with van der Waals surface area (Å²) in [5.74, 6) is -0.0838. The summed E-state index contributed by atoms with van der Waals surface area (Å²) in [6.07, 6.45) is -4.43. The average Bonchev–Trinajstić information content (AvgIpc) is 2.76. The van der Waals surface area contributed by atoms with Crippen molar-refractivity contribution in [3.05, 3.63) is 36.4 Å².